The molecule has 0 aromatic rings. The third-order valence-electron chi connectivity index (χ3n) is 1.83. The summed E-state index contributed by atoms with van der Waals surface area (Å²) in [6, 6.07) is 0. The average Bonchev–Trinajstić information content (AvgIpc) is 2.07. The molecular formula is C9H13NO3S. The van der Waals surface area contributed by atoms with Crippen LogP contribution in [-0.4, -0.2) is 13.4 Å². The molecule has 1 unspecified atom stereocenters. The Morgan fingerprint density at radius 3 is 2.64 bits per heavy atom. The number of quaternary nitrogens is 1. The topological polar surface area (TPSA) is 61.6 Å². The molecule has 1 atom stereocenters. The number of rotatable bonds is 2. The van der Waals surface area contributed by atoms with Crippen molar-refractivity contribution in [3.63, 3.8) is 0 Å². The third kappa shape index (κ3) is 2.80. The first-order valence-electron chi connectivity index (χ1n) is 4.40. The van der Waals surface area contributed by atoms with Crippen LogP contribution in [0.2, 0.25) is 0 Å². The van der Waals surface area contributed by atoms with Gasteiger partial charge in [-0.15, -0.1) is 0 Å². The maximum atomic E-state index is 11.1. The molecule has 0 saturated carbocycles. The summed E-state index contributed by atoms with van der Waals surface area (Å²) in [6.07, 6.45) is 5.22. The predicted octanol–water partition coefficient (Wildman–Crippen LogP) is -0.122. The summed E-state index contributed by atoms with van der Waals surface area (Å²) >= 11 is 0. The van der Waals surface area contributed by atoms with Gasteiger partial charge >= 0.3 is 0 Å². The second kappa shape index (κ2) is 4.54. The molecule has 14 heavy (non-hydrogen) atoms. The van der Waals surface area contributed by atoms with Crippen LogP contribution in [0.1, 0.15) is 20.3 Å². The summed E-state index contributed by atoms with van der Waals surface area (Å²) in [6.45, 7) is 4.08. The maximum absolute atomic E-state index is 11.1. The Kier molecular flexibility index (Phi) is 3.62. The summed E-state index contributed by atoms with van der Waals surface area (Å²) in [7, 11) is -2.43. The van der Waals surface area contributed by atoms with E-state index in [2.05, 4.69) is 0 Å². The molecule has 1 rings (SSSR count). The molecule has 0 bridgehead atoms. The summed E-state index contributed by atoms with van der Waals surface area (Å²) < 4.78 is 21.3. The van der Waals surface area contributed by atoms with Gasteiger partial charge < -0.3 is 10.3 Å². The first-order chi connectivity index (χ1) is 6.50. The van der Waals surface area contributed by atoms with Crippen molar-refractivity contribution in [2.24, 2.45) is 5.92 Å². The smallest absolute Gasteiger partial charge is 0.276 e. The fraction of sp³-hybridized carbons (Fsp3) is 0.444. The highest BCUT2D eigenvalue weighted by Crippen LogP contribution is 2.12. The van der Waals surface area contributed by atoms with Gasteiger partial charge in [0.05, 0.1) is 0 Å². The van der Waals surface area contributed by atoms with E-state index < -0.39 is 15.4 Å². The van der Waals surface area contributed by atoms with Crippen LogP contribution in [-0.2, 0) is 10.3 Å². The van der Waals surface area contributed by atoms with Crippen LogP contribution in [0.5, 0.6) is 0 Å². The van der Waals surface area contributed by atoms with Crippen molar-refractivity contribution in [1.82, 2.24) is 0 Å². The molecule has 0 fully saturated rings. The fourth-order valence-electron chi connectivity index (χ4n) is 1.28. The Labute approximate surface area is 84.6 Å². The summed E-state index contributed by atoms with van der Waals surface area (Å²) in [4.78, 5) is -0.136. The zero-order chi connectivity index (χ0) is 10.7. The van der Waals surface area contributed by atoms with Gasteiger partial charge in [0.1, 0.15) is 6.20 Å². The molecule has 5 heteroatoms. The molecule has 1 aliphatic rings. The van der Waals surface area contributed by atoms with Crippen molar-refractivity contribution in [1.29, 1.82) is 0 Å². The van der Waals surface area contributed by atoms with Gasteiger partial charge in [0.15, 0.2) is 0 Å². The number of nitrogens with one attached hydrogen (secondary N) is 1. The standard InChI is InChI=1S/C9H13NO3S/c1-7(2)5-8-3-4-10(11)9(6-8)14(12)13/h3-4,6-7,10H,5H2,1-2H3. The van der Waals surface area contributed by atoms with Crippen LogP contribution in [0, 0.1) is 11.1 Å². The Hall–Kier alpha value is -0.910. The molecule has 0 saturated heterocycles. The number of hydrogen-bond acceptors (Lipinski definition) is 3. The number of hydroxylamine groups is 2. The first kappa shape index (κ1) is 11.2. The molecule has 0 aromatic heterocycles. The average molecular weight is 215 g/mol. The van der Waals surface area contributed by atoms with E-state index in [0.29, 0.717) is 5.92 Å². The second-order valence-corrected chi connectivity index (χ2v) is 4.52. The van der Waals surface area contributed by atoms with Crippen molar-refractivity contribution in [2.45, 2.75) is 20.3 Å². The summed E-state index contributed by atoms with van der Waals surface area (Å²) in [5.41, 5.74) is 0.888. The van der Waals surface area contributed by atoms with E-state index >= 15 is 0 Å². The monoisotopic (exact) mass is 215 g/mol. The van der Waals surface area contributed by atoms with E-state index in [9.17, 15) is 13.6 Å². The van der Waals surface area contributed by atoms with E-state index in [1.165, 1.54) is 12.3 Å². The van der Waals surface area contributed by atoms with Gasteiger partial charge in [0, 0.05) is 6.08 Å². The molecule has 1 heterocycles. The zero-order valence-corrected chi connectivity index (χ0v) is 8.97. The van der Waals surface area contributed by atoms with Gasteiger partial charge in [-0.25, -0.2) is 0 Å². The minimum absolute atomic E-state index is 0.136. The molecule has 0 aliphatic carbocycles. The lowest BCUT2D eigenvalue weighted by atomic mass is 10.0. The van der Waals surface area contributed by atoms with E-state index in [-0.39, 0.29) is 4.99 Å². The summed E-state index contributed by atoms with van der Waals surface area (Å²) in [5, 5.41) is 10.7. The van der Waals surface area contributed by atoms with Crippen LogP contribution in [0.3, 0.4) is 0 Å². The normalized spacial score (nSPS) is 21.3. The Bertz CT molecular complexity index is 396. The molecule has 0 radical (unpaired) electrons. The van der Waals surface area contributed by atoms with E-state index in [1.54, 1.807) is 6.08 Å². The number of allylic oxidation sites excluding steroid dienone is 2. The SMILES string of the molecule is CC(C)CC1=CC(=S(=O)=O)[NH+]([O-])C=C1. The van der Waals surface area contributed by atoms with Gasteiger partial charge in [-0.2, -0.15) is 8.42 Å². The zero-order valence-electron chi connectivity index (χ0n) is 8.15. The number of hydrogen-bond donors (Lipinski definition) is 1. The van der Waals surface area contributed by atoms with Crippen LogP contribution in [0.15, 0.2) is 23.9 Å². The molecule has 1 N–H and O–H groups in total. The highest BCUT2D eigenvalue weighted by atomic mass is 32.2. The molecule has 1 aliphatic heterocycles. The van der Waals surface area contributed by atoms with Crippen molar-refractivity contribution in [3.8, 4) is 0 Å². The molecule has 78 valence electrons. The van der Waals surface area contributed by atoms with Crippen molar-refractivity contribution in [3.05, 3.63) is 29.1 Å². The van der Waals surface area contributed by atoms with E-state index in [1.807, 2.05) is 13.8 Å². The predicted molar refractivity (Wildman–Crippen MR) is 54.9 cm³/mol. The van der Waals surface area contributed by atoms with Gasteiger partial charge in [-0.05, 0) is 24.0 Å². The molecule has 0 spiro atoms. The highest BCUT2D eigenvalue weighted by molar-refractivity contribution is 7.72. The molecule has 4 nitrogen and oxygen atoms in total. The Balaban J connectivity index is 2.98. The van der Waals surface area contributed by atoms with Crippen molar-refractivity contribution >= 4 is 15.3 Å². The van der Waals surface area contributed by atoms with Gasteiger partial charge in [-0.1, -0.05) is 13.8 Å². The molecule has 0 aromatic carbocycles. The van der Waals surface area contributed by atoms with Crippen molar-refractivity contribution < 1.29 is 13.5 Å². The minimum Gasteiger partial charge on any atom is -0.623 e. The quantitative estimate of drug-likeness (QED) is 0.516. The second-order valence-electron chi connectivity index (χ2n) is 3.61. The summed E-state index contributed by atoms with van der Waals surface area (Å²) in [5.74, 6) is 0.445. The fourth-order valence-corrected chi connectivity index (χ4v) is 1.76. The molecule has 0 amide bonds. The Morgan fingerprint density at radius 2 is 2.14 bits per heavy atom. The third-order valence-corrected chi connectivity index (χ3v) is 2.51. The van der Waals surface area contributed by atoms with Crippen molar-refractivity contribution in [2.75, 3.05) is 0 Å². The maximum Gasteiger partial charge on any atom is 0.276 e. The van der Waals surface area contributed by atoms with Crippen LogP contribution >= 0.6 is 0 Å². The van der Waals surface area contributed by atoms with Crippen LogP contribution in [0.25, 0.3) is 0 Å². The lowest BCUT2D eigenvalue weighted by Crippen LogP contribution is -3.05. The van der Waals surface area contributed by atoms with E-state index in [4.69, 9.17) is 0 Å². The molecular weight excluding hydrogens is 202 g/mol. The van der Waals surface area contributed by atoms with Gasteiger partial charge in [-0.3, -0.25) is 0 Å². The lowest BCUT2D eigenvalue weighted by molar-refractivity contribution is -0.680. The lowest BCUT2D eigenvalue weighted by Gasteiger charge is -2.19. The Morgan fingerprint density at radius 1 is 1.50 bits per heavy atom. The van der Waals surface area contributed by atoms with Gasteiger partial charge in [0.25, 0.3) is 15.3 Å². The highest BCUT2D eigenvalue weighted by Gasteiger charge is 2.12. The van der Waals surface area contributed by atoms with E-state index in [0.717, 1.165) is 12.0 Å². The van der Waals surface area contributed by atoms with Crippen LogP contribution < -0.4 is 5.06 Å². The first-order valence-corrected chi connectivity index (χ1v) is 5.47. The van der Waals surface area contributed by atoms with Crippen LogP contribution in [0.4, 0.5) is 0 Å². The minimum atomic E-state index is -2.43. The largest absolute Gasteiger partial charge is 0.623 e. The van der Waals surface area contributed by atoms with Gasteiger partial charge in [0.2, 0.25) is 0 Å².